The molecule has 0 fully saturated rings. The van der Waals surface area contributed by atoms with Crippen LogP contribution in [0.3, 0.4) is 0 Å². The summed E-state index contributed by atoms with van der Waals surface area (Å²) in [5, 5.41) is 3.30. The average molecular weight is 280 g/mol. The Morgan fingerprint density at radius 1 is 1.11 bits per heavy atom. The highest BCUT2D eigenvalue weighted by molar-refractivity contribution is 7.09. The van der Waals surface area contributed by atoms with Crippen LogP contribution in [0.2, 0.25) is 0 Å². The topological polar surface area (TPSA) is 52.6 Å². The van der Waals surface area contributed by atoms with Gasteiger partial charge < -0.3 is 19.5 Å². The lowest BCUT2D eigenvalue weighted by atomic mass is 10.2. The Kier molecular flexibility index (Phi) is 4.46. The van der Waals surface area contributed by atoms with Crippen molar-refractivity contribution >= 4 is 17.0 Å². The number of hydrogen-bond donors (Lipinski definition) is 1. The van der Waals surface area contributed by atoms with Crippen molar-refractivity contribution in [2.75, 3.05) is 26.6 Å². The fraction of sp³-hybridized carbons (Fsp3) is 0.308. The molecule has 0 aliphatic carbocycles. The molecular formula is C13H16N2O3S. The molecular weight excluding hydrogens is 264 g/mol. The van der Waals surface area contributed by atoms with E-state index in [1.807, 2.05) is 23.8 Å². The van der Waals surface area contributed by atoms with Gasteiger partial charge in [-0.2, -0.15) is 0 Å². The van der Waals surface area contributed by atoms with E-state index in [4.69, 9.17) is 14.2 Å². The Bertz CT molecular complexity index is 504. The smallest absolute Gasteiger partial charge is 0.203 e. The van der Waals surface area contributed by atoms with Crippen LogP contribution in [0.25, 0.3) is 0 Å². The van der Waals surface area contributed by atoms with Crippen LogP contribution in [0.15, 0.2) is 23.8 Å². The van der Waals surface area contributed by atoms with Crippen molar-refractivity contribution in [1.29, 1.82) is 0 Å². The van der Waals surface area contributed by atoms with Crippen molar-refractivity contribution in [2.45, 2.75) is 6.54 Å². The van der Waals surface area contributed by atoms with Crippen LogP contribution < -0.4 is 19.5 Å². The first kappa shape index (κ1) is 13.5. The summed E-state index contributed by atoms with van der Waals surface area (Å²) in [5.74, 6) is 1.86. The van der Waals surface area contributed by atoms with E-state index in [0.29, 0.717) is 23.8 Å². The van der Waals surface area contributed by atoms with Gasteiger partial charge in [0.05, 0.1) is 33.4 Å². The van der Waals surface area contributed by atoms with Crippen LogP contribution in [0.1, 0.15) is 4.88 Å². The lowest BCUT2D eigenvalue weighted by Gasteiger charge is -2.14. The molecule has 5 nitrogen and oxygen atoms in total. The van der Waals surface area contributed by atoms with Crippen LogP contribution in [-0.2, 0) is 6.54 Å². The molecule has 1 heterocycles. The third kappa shape index (κ3) is 3.08. The van der Waals surface area contributed by atoms with Gasteiger partial charge in [-0.05, 0) is 0 Å². The molecule has 102 valence electrons. The Labute approximate surface area is 116 Å². The molecule has 0 aliphatic rings. The fourth-order valence-electron chi connectivity index (χ4n) is 1.70. The number of aromatic nitrogens is 1. The van der Waals surface area contributed by atoms with Gasteiger partial charge in [0.15, 0.2) is 11.5 Å². The van der Waals surface area contributed by atoms with Crippen LogP contribution >= 0.6 is 11.3 Å². The molecule has 0 spiro atoms. The second-order valence-electron chi connectivity index (χ2n) is 3.74. The minimum atomic E-state index is 0.591. The Morgan fingerprint density at radius 3 is 2.26 bits per heavy atom. The van der Waals surface area contributed by atoms with Gasteiger partial charge in [-0.25, -0.2) is 0 Å². The molecule has 1 N–H and O–H groups in total. The molecule has 0 atom stereocenters. The monoisotopic (exact) mass is 280 g/mol. The fourth-order valence-corrected chi connectivity index (χ4v) is 2.24. The maximum Gasteiger partial charge on any atom is 0.203 e. The third-order valence-electron chi connectivity index (χ3n) is 2.61. The summed E-state index contributed by atoms with van der Waals surface area (Å²) in [6.45, 7) is 0.712. The van der Waals surface area contributed by atoms with Crippen LogP contribution in [-0.4, -0.2) is 26.3 Å². The van der Waals surface area contributed by atoms with Gasteiger partial charge in [0.1, 0.15) is 0 Å². The van der Waals surface area contributed by atoms with Gasteiger partial charge in [0.25, 0.3) is 0 Å². The number of rotatable bonds is 6. The van der Waals surface area contributed by atoms with Crippen molar-refractivity contribution in [3.05, 3.63) is 28.7 Å². The Morgan fingerprint density at radius 2 is 1.79 bits per heavy atom. The quantitative estimate of drug-likeness (QED) is 0.881. The maximum atomic E-state index is 5.30. The van der Waals surface area contributed by atoms with E-state index < -0.39 is 0 Å². The van der Waals surface area contributed by atoms with Gasteiger partial charge in [0.2, 0.25) is 5.75 Å². The zero-order chi connectivity index (χ0) is 13.7. The van der Waals surface area contributed by atoms with Crippen LogP contribution in [0.4, 0.5) is 5.69 Å². The molecule has 6 heteroatoms. The number of anilines is 1. The molecule has 0 amide bonds. The van der Waals surface area contributed by atoms with E-state index in [1.165, 1.54) is 0 Å². The molecule has 0 aliphatic heterocycles. The first-order valence-corrected chi connectivity index (χ1v) is 6.57. The summed E-state index contributed by atoms with van der Waals surface area (Å²) in [4.78, 5) is 5.20. The molecule has 0 saturated heterocycles. The molecule has 0 bridgehead atoms. The molecule has 0 radical (unpaired) electrons. The molecule has 0 unspecified atom stereocenters. The summed E-state index contributed by atoms with van der Waals surface area (Å²) < 4.78 is 15.9. The highest BCUT2D eigenvalue weighted by atomic mass is 32.1. The number of methoxy groups -OCH3 is 3. The largest absolute Gasteiger partial charge is 0.493 e. The molecule has 1 aromatic carbocycles. The van der Waals surface area contributed by atoms with Gasteiger partial charge in [0, 0.05) is 28.9 Å². The SMILES string of the molecule is COc1cc(NCc2cncs2)cc(OC)c1OC. The highest BCUT2D eigenvalue weighted by Crippen LogP contribution is 2.40. The number of nitrogens with one attached hydrogen (secondary N) is 1. The standard InChI is InChI=1S/C13H16N2O3S/c1-16-11-4-9(5-12(17-2)13(11)18-3)15-7-10-6-14-8-19-10/h4-6,8,15H,7H2,1-3H3. The van der Waals surface area contributed by atoms with E-state index >= 15 is 0 Å². The highest BCUT2D eigenvalue weighted by Gasteiger charge is 2.12. The molecule has 19 heavy (non-hydrogen) atoms. The second-order valence-corrected chi connectivity index (χ2v) is 4.71. The van der Waals surface area contributed by atoms with Crippen molar-refractivity contribution in [1.82, 2.24) is 4.98 Å². The third-order valence-corrected chi connectivity index (χ3v) is 3.39. The van der Waals surface area contributed by atoms with Gasteiger partial charge >= 0.3 is 0 Å². The zero-order valence-electron chi connectivity index (χ0n) is 11.1. The number of hydrogen-bond acceptors (Lipinski definition) is 6. The van der Waals surface area contributed by atoms with Crippen molar-refractivity contribution in [2.24, 2.45) is 0 Å². The summed E-state index contributed by atoms with van der Waals surface area (Å²) in [7, 11) is 4.79. The molecule has 2 rings (SSSR count). The van der Waals surface area contributed by atoms with E-state index in [-0.39, 0.29) is 0 Å². The predicted molar refractivity (Wildman–Crippen MR) is 75.5 cm³/mol. The van der Waals surface area contributed by atoms with E-state index in [2.05, 4.69) is 10.3 Å². The van der Waals surface area contributed by atoms with E-state index in [1.54, 1.807) is 32.7 Å². The summed E-state index contributed by atoms with van der Waals surface area (Å²) in [6, 6.07) is 3.75. The second kappa shape index (κ2) is 6.29. The van der Waals surface area contributed by atoms with Gasteiger partial charge in [-0.15, -0.1) is 11.3 Å². The van der Waals surface area contributed by atoms with Gasteiger partial charge in [-0.1, -0.05) is 0 Å². The first-order valence-electron chi connectivity index (χ1n) is 5.69. The number of nitrogens with zero attached hydrogens (tertiary/aromatic N) is 1. The summed E-state index contributed by atoms with van der Waals surface area (Å²) in [6.07, 6.45) is 1.84. The lowest BCUT2D eigenvalue weighted by molar-refractivity contribution is 0.324. The predicted octanol–water partition coefficient (Wildman–Crippen LogP) is 2.78. The lowest BCUT2D eigenvalue weighted by Crippen LogP contribution is -2.00. The number of thiazole rings is 1. The zero-order valence-corrected chi connectivity index (χ0v) is 11.9. The molecule has 0 saturated carbocycles. The molecule has 2 aromatic rings. The van der Waals surface area contributed by atoms with Crippen molar-refractivity contribution in [3.8, 4) is 17.2 Å². The van der Waals surface area contributed by atoms with Gasteiger partial charge in [-0.3, -0.25) is 4.98 Å². The number of ether oxygens (including phenoxy) is 3. The maximum absolute atomic E-state index is 5.30. The van der Waals surface area contributed by atoms with E-state index in [9.17, 15) is 0 Å². The summed E-state index contributed by atoms with van der Waals surface area (Å²) >= 11 is 1.61. The normalized spacial score (nSPS) is 10.1. The van der Waals surface area contributed by atoms with Crippen LogP contribution in [0.5, 0.6) is 17.2 Å². The number of benzene rings is 1. The minimum Gasteiger partial charge on any atom is -0.493 e. The summed E-state index contributed by atoms with van der Waals surface area (Å²) in [5.41, 5.74) is 2.72. The molecule has 1 aromatic heterocycles. The van der Waals surface area contributed by atoms with Crippen molar-refractivity contribution < 1.29 is 14.2 Å². The Balaban J connectivity index is 2.20. The average Bonchev–Trinajstić information content (AvgIpc) is 2.97. The van der Waals surface area contributed by atoms with Crippen LogP contribution in [0, 0.1) is 0 Å². The van der Waals surface area contributed by atoms with E-state index in [0.717, 1.165) is 10.6 Å². The minimum absolute atomic E-state index is 0.591. The first-order chi connectivity index (χ1) is 9.28. The van der Waals surface area contributed by atoms with Crippen molar-refractivity contribution in [3.63, 3.8) is 0 Å². The Hall–Kier alpha value is -1.95.